The van der Waals surface area contributed by atoms with E-state index in [4.69, 9.17) is 9.56 Å². The standard InChI is InChI=1S/C13H14N2O4S/c1-2-12-11(6-7-19-12)13(16)15-9-4-3-5-10(8-9)20(14,17)18/h3-8H,2H2,1H3,(H,15,16)(H2,14,17,18). The summed E-state index contributed by atoms with van der Waals surface area (Å²) in [6.45, 7) is 1.87. The Bertz CT molecular complexity index is 734. The van der Waals surface area contributed by atoms with Gasteiger partial charge >= 0.3 is 0 Å². The van der Waals surface area contributed by atoms with Gasteiger partial charge in [0.05, 0.1) is 16.7 Å². The fourth-order valence-corrected chi connectivity index (χ4v) is 2.33. The molecular formula is C13H14N2O4S. The quantitative estimate of drug-likeness (QED) is 0.896. The highest BCUT2D eigenvalue weighted by atomic mass is 32.2. The van der Waals surface area contributed by atoms with Crippen molar-refractivity contribution in [1.82, 2.24) is 0 Å². The molecule has 2 aromatic rings. The molecule has 6 nitrogen and oxygen atoms in total. The second kappa shape index (κ2) is 5.48. The number of furan rings is 1. The lowest BCUT2D eigenvalue weighted by atomic mass is 10.2. The maximum Gasteiger partial charge on any atom is 0.259 e. The zero-order chi connectivity index (χ0) is 14.8. The third-order valence-electron chi connectivity index (χ3n) is 2.73. The van der Waals surface area contributed by atoms with Crippen molar-refractivity contribution in [3.05, 3.63) is 47.9 Å². The molecule has 0 spiro atoms. The Morgan fingerprint density at radius 1 is 1.35 bits per heavy atom. The summed E-state index contributed by atoms with van der Waals surface area (Å²) in [6, 6.07) is 7.32. The van der Waals surface area contributed by atoms with Gasteiger partial charge in [0.2, 0.25) is 10.0 Å². The second-order valence-electron chi connectivity index (χ2n) is 4.14. The van der Waals surface area contributed by atoms with Crippen molar-refractivity contribution in [2.45, 2.75) is 18.2 Å². The molecule has 0 aliphatic rings. The van der Waals surface area contributed by atoms with Crippen molar-refractivity contribution in [2.24, 2.45) is 5.14 Å². The van der Waals surface area contributed by atoms with Crippen LogP contribution < -0.4 is 10.5 Å². The zero-order valence-electron chi connectivity index (χ0n) is 10.8. The molecule has 0 saturated heterocycles. The highest BCUT2D eigenvalue weighted by Crippen LogP contribution is 2.17. The second-order valence-corrected chi connectivity index (χ2v) is 5.70. The van der Waals surface area contributed by atoms with Crippen LogP contribution in [0, 0.1) is 0 Å². The van der Waals surface area contributed by atoms with Crippen LogP contribution in [-0.4, -0.2) is 14.3 Å². The number of hydrogen-bond acceptors (Lipinski definition) is 4. The molecule has 106 valence electrons. The number of sulfonamides is 1. The van der Waals surface area contributed by atoms with E-state index < -0.39 is 10.0 Å². The Balaban J connectivity index is 2.25. The van der Waals surface area contributed by atoms with E-state index in [2.05, 4.69) is 5.32 Å². The first-order valence-electron chi connectivity index (χ1n) is 5.92. The van der Waals surface area contributed by atoms with Gasteiger partial charge in [0.15, 0.2) is 0 Å². The smallest absolute Gasteiger partial charge is 0.259 e. The number of amides is 1. The number of carbonyl (C=O) groups is 1. The third-order valence-corrected chi connectivity index (χ3v) is 3.64. The zero-order valence-corrected chi connectivity index (χ0v) is 11.6. The minimum absolute atomic E-state index is 0.0572. The summed E-state index contributed by atoms with van der Waals surface area (Å²) in [5.74, 6) is 0.215. The topological polar surface area (TPSA) is 102 Å². The number of nitrogens with one attached hydrogen (secondary N) is 1. The van der Waals surface area contributed by atoms with Gasteiger partial charge in [-0.15, -0.1) is 0 Å². The SMILES string of the molecule is CCc1occc1C(=O)Nc1cccc(S(N)(=O)=O)c1. The van der Waals surface area contributed by atoms with E-state index in [1.54, 1.807) is 12.1 Å². The summed E-state index contributed by atoms with van der Waals surface area (Å²) in [7, 11) is -3.80. The predicted molar refractivity (Wildman–Crippen MR) is 73.9 cm³/mol. The van der Waals surface area contributed by atoms with E-state index >= 15 is 0 Å². The van der Waals surface area contributed by atoms with Crippen molar-refractivity contribution >= 4 is 21.6 Å². The van der Waals surface area contributed by atoms with Crippen LogP contribution in [0.5, 0.6) is 0 Å². The average Bonchev–Trinajstić information content (AvgIpc) is 2.86. The monoisotopic (exact) mass is 294 g/mol. The van der Waals surface area contributed by atoms with Gasteiger partial charge in [0.1, 0.15) is 5.76 Å². The molecule has 0 radical (unpaired) electrons. The molecule has 0 aliphatic heterocycles. The van der Waals surface area contributed by atoms with Crippen LogP contribution >= 0.6 is 0 Å². The molecule has 3 N–H and O–H groups in total. The lowest BCUT2D eigenvalue weighted by molar-refractivity contribution is 0.102. The van der Waals surface area contributed by atoms with Gasteiger partial charge in [-0.2, -0.15) is 0 Å². The normalized spacial score (nSPS) is 11.3. The first kappa shape index (κ1) is 14.3. The number of benzene rings is 1. The van der Waals surface area contributed by atoms with Crippen LogP contribution in [0.15, 0.2) is 45.9 Å². The van der Waals surface area contributed by atoms with Crippen molar-refractivity contribution < 1.29 is 17.6 Å². The van der Waals surface area contributed by atoms with E-state index in [1.165, 1.54) is 24.5 Å². The van der Waals surface area contributed by atoms with E-state index in [9.17, 15) is 13.2 Å². The van der Waals surface area contributed by atoms with Crippen molar-refractivity contribution in [3.8, 4) is 0 Å². The van der Waals surface area contributed by atoms with Crippen LogP contribution in [0.2, 0.25) is 0 Å². The molecule has 0 bridgehead atoms. The summed E-state index contributed by atoms with van der Waals surface area (Å²) in [6.07, 6.45) is 2.03. The molecule has 0 saturated carbocycles. The molecule has 1 aromatic carbocycles. The van der Waals surface area contributed by atoms with Gasteiger partial charge in [0, 0.05) is 12.1 Å². The molecule has 0 unspecified atom stereocenters. The van der Waals surface area contributed by atoms with Crippen LogP contribution in [0.4, 0.5) is 5.69 Å². The molecule has 7 heteroatoms. The molecule has 0 atom stereocenters. The summed E-state index contributed by atoms with van der Waals surface area (Å²) in [5, 5.41) is 7.65. The highest BCUT2D eigenvalue weighted by Gasteiger charge is 2.14. The molecule has 20 heavy (non-hydrogen) atoms. The number of nitrogens with two attached hydrogens (primary N) is 1. The summed E-state index contributed by atoms with van der Waals surface area (Å²) < 4.78 is 27.7. The van der Waals surface area contributed by atoms with Crippen LogP contribution in [-0.2, 0) is 16.4 Å². The number of primary sulfonamides is 1. The fourth-order valence-electron chi connectivity index (χ4n) is 1.77. The van der Waals surface area contributed by atoms with E-state index in [-0.39, 0.29) is 10.8 Å². The lowest BCUT2D eigenvalue weighted by Gasteiger charge is -2.06. The Hall–Kier alpha value is -2.12. The largest absolute Gasteiger partial charge is 0.469 e. The number of anilines is 1. The Morgan fingerprint density at radius 2 is 2.10 bits per heavy atom. The average molecular weight is 294 g/mol. The Morgan fingerprint density at radius 3 is 2.75 bits per heavy atom. The fraction of sp³-hybridized carbons (Fsp3) is 0.154. The summed E-state index contributed by atoms with van der Waals surface area (Å²) >= 11 is 0. The number of carbonyl (C=O) groups excluding carboxylic acids is 1. The Kier molecular flexibility index (Phi) is 3.91. The maximum atomic E-state index is 12.1. The first-order chi connectivity index (χ1) is 9.41. The van der Waals surface area contributed by atoms with Gasteiger partial charge < -0.3 is 9.73 Å². The Labute approximate surface area is 116 Å². The number of aryl methyl sites for hydroxylation is 1. The van der Waals surface area contributed by atoms with E-state index in [0.29, 0.717) is 23.4 Å². The van der Waals surface area contributed by atoms with Crippen molar-refractivity contribution in [2.75, 3.05) is 5.32 Å². The maximum absolute atomic E-state index is 12.1. The first-order valence-corrected chi connectivity index (χ1v) is 7.47. The molecule has 1 heterocycles. The van der Waals surface area contributed by atoms with Gasteiger partial charge in [0.25, 0.3) is 5.91 Å². The minimum atomic E-state index is -3.80. The molecule has 0 aliphatic carbocycles. The summed E-state index contributed by atoms with van der Waals surface area (Å²) in [5.41, 5.74) is 0.776. The highest BCUT2D eigenvalue weighted by molar-refractivity contribution is 7.89. The van der Waals surface area contributed by atoms with Crippen LogP contribution in [0.25, 0.3) is 0 Å². The number of hydrogen-bond donors (Lipinski definition) is 2. The van der Waals surface area contributed by atoms with E-state index in [1.807, 2.05) is 6.92 Å². The van der Waals surface area contributed by atoms with Gasteiger partial charge in [-0.05, 0) is 24.3 Å². The molecule has 1 aromatic heterocycles. The predicted octanol–water partition coefficient (Wildman–Crippen LogP) is 1.74. The number of rotatable bonds is 4. The third kappa shape index (κ3) is 3.06. The lowest BCUT2D eigenvalue weighted by Crippen LogP contribution is -2.15. The van der Waals surface area contributed by atoms with Crippen LogP contribution in [0.3, 0.4) is 0 Å². The van der Waals surface area contributed by atoms with E-state index in [0.717, 1.165) is 0 Å². The van der Waals surface area contributed by atoms with Gasteiger partial charge in [-0.25, -0.2) is 13.6 Å². The molecule has 2 rings (SSSR count). The van der Waals surface area contributed by atoms with Crippen molar-refractivity contribution in [1.29, 1.82) is 0 Å². The molecular weight excluding hydrogens is 280 g/mol. The van der Waals surface area contributed by atoms with Crippen molar-refractivity contribution in [3.63, 3.8) is 0 Å². The summed E-state index contributed by atoms with van der Waals surface area (Å²) in [4.78, 5) is 12.0. The van der Waals surface area contributed by atoms with Gasteiger partial charge in [-0.1, -0.05) is 13.0 Å². The van der Waals surface area contributed by atoms with Gasteiger partial charge in [-0.3, -0.25) is 4.79 Å². The minimum Gasteiger partial charge on any atom is -0.469 e. The van der Waals surface area contributed by atoms with Crippen LogP contribution in [0.1, 0.15) is 23.0 Å². The molecule has 0 fully saturated rings. The molecule has 1 amide bonds.